The van der Waals surface area contributed by atoms with Gasteiger partial charge in [-0.15, -0.1) is 0 Å². The molecule has 2 rings (SSSR count). The largest absolute Gasteiger partial charge is 0.370 e. The van der Waals surface area contributed by atoms with Crippen LogP contribution in [0.2, 0.25) is 0 Å². The highest BCUT2D eigenvalue weighted by Crippen LogP contribution is 2.39. The minimum atomic E-state index is -0.371. The van der Waals surface area contributed by atoms with E-state index in [0.717, 1.165) is 31.4 Å². The summed E-state index contributed by atoms with van der Waals surface area (Å²) in [4.78, 5) is 19.1. The van der Waals surface area contributed by atoms with Crippen molar-refractivity contribution in [3.05, 3.63) is 27.9 Å². The Hall–Kier alpha value is -1.16. The maximum atomic E-state index is 11.7. The Kier molecular flexibility index (Phi) is 3.33. The first-order chi connectivity index (χ1) is 8.07. The van der Waals surface area contributed by atoms with E-state index in [1.165, 1.54) is 0 Å². The smallest absolute Gasteiger partial charge is 0.251 e. The average Bonchev–Trinajstić information content (AvgIpc) is 2.78. The fourth-order valence-electron chi connectivity index (χ4n) is 2.47. The van der Waals surface area contributed by atoms with Gasteiger partial charge in [-0.25, -0.2) is 4.98 Å². The Bertz CT molecular complexity index is 445. The summed E-state index contributed by atoms with van der Waals surface area (Å²) in [5.41, 5.74) is 0.387. The molecule has 1 aromatic rings. The highest BCUT2D eigenvalue weighted by Gasteiger charge is 2.38. The number of aromatic amines is 1. The van der Waals surface area contributed by atoms with Crippen molar-refractivity contribution in [2.24, 2.45) is 0 Å². The Morgan fingerprint density at radius 1 is 1.41 bits per heavy atom. The molecule has 0 spiro atoms. The fraction of sp³-hybridized carbons (Fsp3) is 0.692. The van der Waals surface area contributed by atoms with Crippen LogP contribution in [0.25, 0.3) is 0 Å². The van der Waals surface area contributed by atoms with E-state index in [1.54, 1.807) is 13.2 Å². The van der Waals surface area contributed by atoms with E-state index < -0.39 is 0 Å². The first-order valence-electron chi connectivity index (χ1n) is 6.24. The van der Waals surface area contributed by atoms with Gasteiger partial charge in [0.1, 0.15) is 11.4 Å². The van der Waals surface area contributed by atoms with Crippen LogP contribution in [0.3, 0.4) is 0 Å². The number of nitrogens with zero attached hydrogens (tertiary/aromatic N) is 1. The van der Waals surface area contributed by atoms with Gasteiger partial charge in [0, 0.05) is 13.2 Å². The molecule has 0 bridgehead atoms. The number of rotatable bonds is 3. The van der Waals surface area contributed by atoms with Crippen LogP contribution in [0.4, 0.5) is 0 Å². The molecule has 0 amide bonds. The maximum Gasteiger partial charge on any atom is 0.251 e. The van der Waals surface area contributed by atoms with Crippen molar-refractivity contribution in [3.63, 3.8) is 0 Å². The molecule has 0 unspecified atom stereocenters. The predicted octanol–water partition coefficient (Wildman–Crippen LogP) is 2.31. The molecule has 1 aromatic heterocycles. The maximum absolute atomic E-state index is 11.7. The minimum absolute atomic E-state index is 0.0815. The molecule has 0 saturated heterocycles. The molecule has 1 N–H and O–H groups in total. The monoisotopic (exact) mass is 236 g/mol. The summed E-state index contributed by atoms with van der Waals surface area (Å²) in [5, 5.41) is 0. The Labute approximate surface area is 101 Å². The normalized spacial score (nSPS) is 18.8. The van der Waals surface area contributed by atoms with Gasteiger partial charge in [-0.05, 0) is 31.6 Å². The first kappa shape index (κ1) is 12.3. The van der Waals surface area contributed by atoms with Crippen molar-refractivity contribution >= 4 is 0 Å². The third-order valence-electron chi connectivity index (χ3n) is 3.59. The third-order valence-corrected chi connectivity index (χ3v) is 3.59. The number of hydrogen-bond acceptors (Lipinski definition) is 3. The molecule has 1 fully saturated rings. The van der Waals surface area contributed by atoms with E-state index in [1.807, 2.05) is 13.8 Å². The highest BCUT2D eigenvalue weighted by molar-refractivity contribution is 5.12. The molecule has 17 heavy (non-hydrogen) atoms. The SMILES string of the molecule is COC1(c2nc(C(C)C)cc(=O)[nH]2)CCCC1. The van der Waals surface area contributed by atoms with Gasteiger partial charge in [0.15, 0.2) is 0 Å². The zero-order valence-electron chi connectivity index (χ0n) is 10.7. The first-order valence-corrected chi connectivity index (χ1v) is 6.24. The summed E-state index contributed by atoms with van der Waals surface area (Å²) < 4.78 is 5.64. The second-order valence-corrected chi connectivity index (χ2v) is 5.08. The summed E-state index contributed by atoms with van der Waals surface area (Å²) in [6.07, 6.45) is 4.13. The molecule has 0 atom stereocenters. The summed E-state index contributed by atoms with van der Waals surface area (Å²) >= 11 is 0. The lowest BCUT2D eigenvalue weighted by molar-refractivity contribution is -0.0167. The third kappa shape index (κ3) is 2.27. The van der Waals surface area contributed by atoms with Gasteiger partial charge >= 0.3 is 0 Å². The van der Waals surface area contributed by atoms with Crippen LogP contribution < -0.4 is 5.56 Å². The predicted molar refractivity (Wildman–Crippen MR) is 66.1 cm³/mol. The lowest BCUT2D eigenvalue weighted by Gasteiger charge is -2.26. The van der Waals surface area contributed by atoms with Gasteiger partial charge in [-0.3, -0.25) is 4.79 Å². The van der Waals surface area contributed by atoms with Crippen LogP contribution in [0.5, 0.6) is 0 Å². The molecule has 1 heterocycles. The molecule has 0 radical (unpaired) electrons. The van der Waals surface area contributed by atoms with Crippen LogP contribution in [-0.4, -0.2) is 17.1 Å². The van der Waals surface area contributed by atoms with Gasteiger partial charge in [-0.1, -0.05) is 13.8 Å². The zero-order chi connectivity index (χ0) is 12.5. The number of H-pyrrole nitrogens is 1. The Morgan fingerprint density at radius 2 is 2.06 bits per heavy atom. The fourth-order valence-corrected chi connectivity index (χ4v) is 2.47. The summed E-state index contributed by atoms with van der Waals surface area (Å²) in [7, 11) is 1.70. The van der Waals surface area contributed by atoms with Crippen molar-refractivity contribution in [2.75, 3.05) is 7.11 Å². The Balaban J connectivity index is 2.47. The van der Waals surface area contributed by atoms with Crippen LogP contribution in [-0.2, 0) is 10.3 Å². The quantitative estimate of drug-likeness (QED) is 0.876. The van der Waals surface area contributed by atoms with Crippen LogP contribution in [0.15, 0.2) is 10.9 Å². The van der Waals surface area contributed by atoms with Gasteiger partial charge in [0.25, 0.3) is 5.56 Å². The zero-order valence-corrected chi connectivity index (χ0v) is 10.7. The van der Waals surface area contributed by atoms with E-state index in [-0.39, 0.29) is 17.1 Å². The molecule has 94 valence electrons. The lowest BCUT2D eigenvalue weighted by atomic mass is 10.0. The number of aromatic nitrogens is 2. The van der Waals surface area contributed by atoms with Crippen molar-refractivity contribution in [3.8, 4) is 0 Å². The van der Waals surface area contributed by atoms with E-state index in [9.17, 15) is 4.79 Å². The lowest BCUT2D eigenvalue weighted by Crippen LogP contribution is -2.30. The molecule has 1 aliphatic rings. The average molecular weight is 236 g/mol. The summed E-state index contributed by atoms with van der Waals surface area (Å²) in [5.74, 6) is 0.958. The van der Waals surface area contributed by atoms with Crippen molar-refractivity contribution in [2.45, 2.75) is 51.0 Å². The van der Waals surface area contributed by atoms with Gasteiger partial charge in [0.2, 0.25) is 0 Å². The molecule has 4 nitrogen and oxygen atoms in total. The van der Waals surface area contributed by atoms with Crippen molar-refractivity contribution < 1.29 is 4.74 Å². The number of methoxy groups -OCH3 is 1. The van der Waals surface area contributed by atoms with E-state index in [0.29, 0.717) is 5.82 Å². The topological polar surface area (TPSA) is 55.0 Å². The van der Waals surface area contributed by atoms with Gasteiger partial charge in [0.05, 0.1) is 5.69 Å². The van der Waals surface area contributed by atoms with Crippen LogP contribution >= 0.6 is 0 Å². The second kappa shape index (κ2) is 4.61. The second-order valence-electron chi connectivity index (χ2n) is 5.08. The molecule has 0 aliphatic heterocycles. The molecule has 1 aliphatic carbocycles. The molecular formula is C13H20N2O2. The van der Waals surface area contributed by atoms with Crippen LogP contribution in [0, 0.1) is 0 Å². The van der Waals surface area contributed by atoms with Crippen molar-refractivity contribution in [1.29, 1.82) is 0 Å². The number of ether oxygens (including phenoxy) is 1. The summed E-state index contributed by atoms with van der Waals surface area (Å²) in [6.45, 7) is 4.08. The number of nitrogens with one attached hydrogen (secondary N) is 1. The van der Waals surface area contributed by atoms with E-state index >= 15 is 0 Å². The molecule has 1 saturated carbocycles. The molecule has 4 heteroatoms. The van der Waals surface area contributed by atoms with Crippen LogP contribution in [0.1, 0.15) is 57.0 Å². The molecule has 0 aromatic carbocycles. The van der Waals surface area contributed by atoms with E-state index in [4.69, 9.17) is 4.74 Å². The summed E-state index contributed by atoms with van der Waals surface area (Å²) in [6, 6.07) is 1.58. The van der Waals surface area contributed by atoms with Crippen molar-refractivity contribution in [1.82, 2.24) is 9.97 Å². The Morgan fingerprint density at radius 3 is 2.59 bits per heavy atom. The minimum Gasteiger partial charge on any atom is -0.370 e. The number of hydrogen-bond donors (Lipinski definition) is 1. The highest BCUT2D eigenvalue weighted by atomic mass is 16.5. The van der Waals surface area contributed by atoms with Gasteiger partial charge in [-0.2, -0.15) is 0 Å². The van der Waals surface area contributed by atoms with E-state index in [2.05, 4.69) is 9.97 Å². The standard InChI is InChI=1S/C13H20N2O2/c1-9(2)10-8-11(16)15-12(14-10)13(17-3)6-4-5-7-13/h8-9H,4-7H2,1-3H3,(H,14,15,16). The molecular weight excluding hydrogens is 216 g/mol. The van der Waals surface area contributed by atoms with Gasteiger partial charge < -0.3 is 9.72 Å².